The lowest BCUT2D eigenvalue weighted by Gasteiger charge is -2.18. The zero-order valence-electron chi connectivity index (χ0n) is 25.1. The van der Waals surface area contributed by atoms with Gasteiger partial charge in [-0.2, -0.15) is 4.98 Å². The van der Waals surface area contributed by atoms with Crippen LogP contribution in [0.3, 0.4) is 0 Å². The van der Waals surface area contributed by atoms with Gasteiger partial charge in [0.2, 0.25) is 5.95 Å². The second kappa shape index (κ2) is 18.3. The Hall–Kier alpha value is -4.24. The van der Waals surface area contributed by atoms with Crippen molar-refractivity contribution in [3.63, 3.8) is 0 Å². The molecular formula is C34H45N5O4. The van der Waals surface area contributed by atoms with Gasteiger partial charge in [0.25, 0.3) is 5.56 Å². The lowest BCUT2D eigenvalue weighted by Crippen LogP contribution is -2.25. The summed E-state index contributed by atoms with van der Waals surface area (Å²) in [6.07, 6.45) is 33.6. The Balaban J connectivity index is 1.33. The quantitative estimate of drug-likeness (QED) is 0.148. The molecule has 230 valence electrons. The Labute approximate surface area is 254 Å². The molecule has 0 radical (unpaired) electrons. The van der Waals surface area contributed by atoms with Crippen LogP contribution in [0.1, 0.15) is 70.8 Å². The molecular weight excluding hydrogens is 542 g/mol. The maximum atomic E-state index is 12.6. The number of carbonyl (C=O) groups excluding carboxylic acids is 1. The number of carbonyl (C=O) groups is 1. The van der Waals surface area contributed by atoms with Gasteiger partial charge in [-0.1, -0.05) is 86.4 Å². The van der Waals surface area contributed by atoms with E-state index < -0.39 is 17.6 Å². The summed E-state index contributed by atoms with van der Waals surface area (Å²) in [7, 11) is 0. The summed E-state index contributed by atoms with van der Waals surface area (Å²) in [4.78, 5) is 35.5. The van der Waals surface area contributed by atoms with Gasteiger partial charge in [0.1, 0.15) is 6.10 Å². The second-order valence-corrected chi connectivity index (χ2v) is 10.4. The monoisotopic (exact) mass is 587 g/mol. The highest BCUT2D eigenvalue weighted by atomic mass is 16.5. The number of esters is 1. The number of fused-ring (bicyclic) bond motifs is 1. The number of aliphatic hydroxyl groups is 1. The number of nitrogen functional groups attached to an aromatic ring is 1. The third-order valence-electron chi connectivity index (χ3n) is 7.19. The first-order chi connectivity index (χ1) is 21.0. The average Bonchev–Trinajstić information content (AvgIpc) is 3.54. The van der Waals surface area contributed by atoms with Gasteiger partial charge >= 0.3 is 5.97 Å². The number of aromatic nitrogens is 4. The number of aromatic amines is 1. The molecule has 1 saturated carbocycles. The van der Waals surface area contributed by atoms with Crippen LogP contribution in [-0.2, 0) is 9.53 Å². The number of hydrogen-bond acceptors (Lipinski definition) is 7. The van der Waals surface area contributed by atoms with Crippen molar-refractivity contribution in [3.8, 4) is 0 Å². The molecule has 0 bridgehead atoms. The zero-order chi connectivity index (χ0) is 30.9. The lowest BCUT2D eigenvalue weighted by molar-refractivity contribution is -0.151. The average molecular weight is 588 g/mol. The SMILES string of the molecule is C=C1[C@H](CO)C(OC(=O)CC/C=C\C/C=C\C/C=C\C/C=C\C/C=C\C/C=C\CC)C[C@@H]1n1cnc2c(=O)[nH]c(N)nc21. The van der Waals surface area contributed by atoms with Gasteiger partial charge < -0.3 is 20.1 Å². The van der Waals surface area contributed by atoms with Crippen molar-refractivity contribution < 1.29 is 14.6 Å². The summed E-state index contributed by atoms with van der Waals surface area (Å²) < 4.78 is 7.44. The highest BCUT2D eigenvalue weighted by molar-refractivity contribution is 5.71. The van der Waals surface area contributed by atoms with E-state index in [1.165, 1.54) is 6.33 Å². The van der Waals surface area contributed by atoms with Crippen molar-refractivity contribution in [2.75, 3.05) is 12.3 Å². The van der Waals surface area contributed by atoms with Crippen LogP contribution in [0.2, 0.25) is 0 Å². The molecule has 1 aliphatic carbocycles. The van der Waals surface area contributed by atoms with Gasteiger partial charge in [0, 0.05) is 18.8 Å². The number of anilines is 1. The molecule has 0 amide bonds. The standard InChI is InChI=1S/C34H45N5O4/c1-3-4-5-6-7-8-9-10-11-12-13-14-15-16-17-18-19-20-21-22-30(41)43-29-23-28(26(2)27(29)24-40)39-25-36-31-32(39)37-34(35)38-33(31)42/h4-5,7-8,10-11,13-14,16-17,19-20,25,27-29,40H,2-3,6,9,12,15,18,21-24H2,1H3,(H3,35,37,38,42)/b5-4-,8-7-,11-10-,14-13-,17-16-,20-19-/t27-,28-,29?/m0/s1. The van der Waals surface area contributed by atoms with Crippen molar-refractivity contribution in [2.24, 2.45) is 5.92 Å². The number of nitrogens with zero attached hydrogens (tertiary/aromatic N) is 3. The molecule has 1 aliphatic rings. The normalized spacial score (nSPS) is 19.7. The number of allylic oxidation sites excluding steroid dienone is 12. The van der Waals surface area contributed by atoms with E-state index in [0.29, 0.717) is 24.1 Å². The van der Waals surface area contributed by atoms with E-state index >= 15 is 0 Å². The first-order valence-corrected chi connectivity index (χ1v) is 15.1. The molecule has 2 aromatic heterocycles. The minimum atomic E-state index is -0.530. The second-order valence-electron chi connectivity index (χ2n) is 10.4. The predicted octanol–water partition coefficient (Wildman–Crippen LogP) is 6.20. The van der Waals surface area contributed by atoms with E-state index in [-0.39, 0.29) is 36.5 Å². The molecule has 1 unspecified atom stereocenters. The van der Waals surface area contributed by atoms with Crippen LogP contribution in [0.15, 0.2) is 96.2 Å². The fourth-order valence-electron chi connectivity index (χ4n) is 4.92. The van der Waals surface area contributed by atoms with E-state index in [2.05, 4.69) is 89.2 Å². The Morgan fingerprint density at radius 3 is 2.14 bits per heavy atom. The molecule has 9 nitrogen and oxygen atoms in total. The van der Waals surface area contributed by atoms with E-state index in [9.17, 15) is 14.7 Å². The highest BCUT2D eigenvalue weighted by Gasteiger charge is 2.41. The summed E-state index contributed by atoms with van der Waals surface area (Å²) in [6, 6.07) is -0.336. The third-order valence-corrected chi connectivity index (χ3v) is 7.19. The molecule has 1 fully saturated rings. The molecule has 3 rings (SSSR count). The van der Waals surface area contributed by atoms with Crippen molar-refractivity contribution >= 4 is 23.1 Å². The van der Waals surface area contributed by atoms with Crippen LogP contribution >= 0.6 is 0 Å². The number of nitrogens with two attached hydrogens (primary N) is 1. The van der Waals surface area contributed by atoms with Gasteiger partial charge in [-0.25, -0.2) is 4.98 Å². The first-order valence-electron chi connectivity index (χ1n) is 15.1. The van der Waals surface area contributed by atoms with E-state index in [4.69, 9.17) is 10.5 Å². The zero-order valence-corrected chi connectivity index (χ0v) is 25.1. The summed E-state index contributed by atoms with van der Waals surface area (Å²) in [5.41, 5.74) is 6.47. The maximum Gasteiger partial charge on any atom is 0.306 e. The van der Waals surface area contributed by atoms with Gasteiger partial charge in [-0.3, -0.25) is 14.6 Å². The van der Waals surface area contributed by atoms with Gasteiger partial charge in [-0.15, -0.1) is 0 Å². The molecule has 9 heteroatoms. The summed E-state index contributed by atoms with van der Waals surface area (Å²) in [5, 5.41) is 9.99. The molecule has 2 heterocycles. The minimum Gasteiger partial charge on any atom is -0.462 e. The maximum absolute atomic E-state index is 12.6. The third kappa shape index (κ3) is 10.5. The Morgan fingerprint density at radius 1 is 1.02 bits per heavy atom. The number of imidazole rings is 1. The molecule has 3 atom stereocenters. The molecule has 2 aromatic rings. The Morgan fingerprint density at radius 2 is 1.58 bits per heavy atom. The van der Waals surface area contributed by atoms with E-state index in [0.717, 1.165) is 38.5 Å². The molecule has 0 aliphatic heterocycles. The molecule has 0 saturated heterocycles. The summed E-state index contributed by atoms with van der Waals surface area (Å²) >= 11 is 0. The number of ether oxygens (including phenoxy) is 1. The first kappa shape index (κ1) is 33.3. The van der Waals surface area contributed by atoms with Crippen molar-refractivity contribution in [2.45, 2.75) is 76.9 Å². The molecule has 0 spiro atoms. The van der Waals surface area contributed by atoms with Gasteiger partial charge in [-0.05, 0) is 50.5 Å². The lowest BCUT2D eigenvalue weighted by atomic mass is 10.0. The van der Waals surface area contributed by atoms with Crippen LogP contribution in [0, 0.1) is 5.92 Å². The smallest absolute Gasteiger partial charge is 0.306 e. The number of rotatable bonds is 17. The van der Waals surface area contributed by atoms with Crippen LogP contribution in [0.5, 0.6) is 0 Å². The predicted molar refractivity (Wildman–Crippen MR) is 173 cm³/mol. The molecule has 43 heavy (non-hydrogen) atoms. The fourth-order valence-corrected chi connectivity index (χ4v) is 4.92. The summed E-state index contributed by atoms with van der Waals surface area (Å²) in [5.74, 6) is -0.763. The Kier molecular flexibility index (Phi) is 14.2. The highest BCUT2D eigenvalue weighted by Crippen LogP contribution is 2.41. The number of H-pyrrole nitrogens is 1. The van der Waals surface area contributed by atoms with Crippen LogP contribution in [0.25, 0.3) is 11.2 Å². The van der Waals surface area contributed by atoms with Crippen LogP contribution in [-0.4, -0.2) is 43.3 Å². The number of nitrogens with one attached hydrogen (secondary N) is 1. The van der Waals surface area contributed by atoms with E-state index in [1.807, 2.05) is 12.2 Å². The van der Waals surface area contributed by atoms with Gasteiger partial charge in [0.05, 0.1) is 19.0 Å². The van der Waals surface area contributed by atoms with Crippen molar-refractivity contribution in [3.05, 3.63) is 102 Å². The largest absolute Gasteiger partial charge is 0.462 e. The number of hydrogen-bond donors (Lipinski definition) is 3. The van der Waals surface area contributed by atoms with Crippen LogP contribution < -0.4 is 11.3 Å². The molecule has 0 aromatic carbocycles. The van der Waals surface area contributed by atoms with Gasteiger partial charge in [0.15, 0.2) is 11.2 Å². The summed E-state index contributed by atoms with van der Waals surface area (Å²) in [6.45, 7) is 6.07. The number of aliphatic hydroxyl groups excluding tert-OH is 1. The van der Waals surface area contributed by atoms with E-state index in [1.54, 1.807) is 4.57 Å². The van der Waals surface area contributed by atoms with Crippen LogP contribution in [0.4, 0.5) is 5.95 Å². The Bertz CT molecular complexity index is 1430. The fraction of sp³-hybridized carbons (Fsp3) is 0.412. The topological polar surface area (TPSA) is 136 Å². The van der Waals surface area contributed by atoms with Crippen molar-refractivity contribution in [1.29, 1.82) is 0 Å². The molecule has 4 N–H and O–H groups in total. The minimum absolute atomic E-state index is 0.0149. The van der Waals surface area contributed by atoms with Crippen molar-refractivity contribution in [1.82, 2.24) is 19.5 Å².